The number of hydrogen-bond donors (Lipinski definition) is 1. The van der Waals surface area contributed by atoms with Crippen molar-refractivity contribution in [2.75, 3.05) is 25.0 Å². The third-order valence-electron chi connectivity index (χ3n) is 4.49. The Balaban J connectivity index is 1.45. The minimum atomic E-state index is -0.451. The molecule has 29 heavy (non-hydrogen) atoms. The molecule has 1 aliphatic rings. The fourth-order valence-corrected chi connectivity index (χ4v) is 3.03. The van der Waals surface area contributed by atoms with E-state index in [0.29, 0.717) is 42.3 Å². The summed E-state index contributed by atoms with van der Waals surface area (Å²) in [6.07, 6.45) is 0.764. The number of nitrogens with zero attached hydrogens (tertiary/aromatic N) is 3. The van der Waals surface area contributed by atoms with Gasteiger partial charge in [0.1, 0.15) is 11.9 Å². The molecule has 9 heteroatoms. The molecule has 1 aromatic heterocycles. The van der Waals surface area contributed by atoms with Gasteiger partial charge in [-0.3, -0.25) is 9.59 Å². The molecule has 1 unspecified atom stereocenters. The Hall–Kier alpha value is -3.59. The van der Waals surface area contributed by atoms with Crippen molar-refractivity contribution in [2.45, 2.75) is 6.10 Å². The Bertz CT molecular complexity index is 1010. The highest BCUT2D eigenvalue weighted by Crippen LogP contribution is 2.21. The van der Waals surface area contributed by atoms with Crippen molar-refractivity contribution in [1.82, 2.24) is 15.0 Å². The quantitative estimate of drug-likeness (QED) is 0.728. The van der Waals surface area contributed by atoms with Crippen LogP contribution < -0.4 is 5.32 Å². The number of hydrogen-bond acceptors (Lipinski definition) is 6. The molecule has 1 fully saturated rings. The number of carbonyl (C=O) groups is 2. The third kappa shape index (κ3) is 4.30. The standard InChI is InChI=1S/C20H17FN4O4/c21-15-6-4-13(5-7-15)19(26)23-16-3-1-2-14(10-16)20(27)25-8-9-28-17(11-25)18-22-12-29-24-18/h1-7,10,12,17H,8-9,11H2,(H,23,26). The topological polar surface area (TPSA) is 97.6 Å². The van der Waals surface area contributed by atoms with Crippen molar-refractivity contribution >= 4 is 17.5 Å². The van der Waals surface area contributed by atoms with Gasteiger partial charge in [0.05, 0.1) is 13.2 Å². The fraction of sp³-hybridized carbons (Fsp3) is 0.200. The molecule has 1 atom stereocenters. The average molecular weight is 396 g/mol. The van der Waals surface area contributed by atoms with Crippen LogP contribution in [0.3, 0.4) is 0 Å². The van der Waals surface area contributed by atoms with Crippen LogP contribution in [0.5, 0.6) is 0 Å². The minimum absolute atomic E-state index is 0.195. The van der Waals surface area contributed by atoms with Crippen molar-refractivity contribution in [3.05, 3.63) is 77.7 Å². The van der Waals surface area contributed by atoms with Crippen LogP contribution >= 0.6 is 0 Å². The molecule has 2 amide bonds. The van der Waals surface area contributed by atoms with Crippen LogP contribution in [0.25, 0.3) is 0 Å². The van der Waals surface area contributed by atoms with Crippen molar-refractivity contribution in [3.63, 3.8) is 0 Å². The van der Waals surface area contributed by atoms with E-state index in [1.54, 1.807) is 29.2 Å². The van der Waals surface area contributed by atoms with Crippen LogP contribution in [-0.2, 0) is 4.74 Å². The average Bonchev–Trinajstić information content (AvgIpc) is 3.29. The van der Waals surface area contributed by atoms with E-state index in [9.17, 15) is 14.0 Å². The van der Waals surface area contributed by atoms with E-state index in [1.165, 1.54) is 30.7 Å². The van der Waals surface area contributed by atoms with Gasteiger partial charge in [-0.05, 0) is 42.5 Å². The number of morpholine rings is 1. The lowest BCUT2D eigenvalue weighted by Gasteiger charge is -2.31. The minimum Gasteiger partial charge on any atom is -0.366 e. The Morgan fingerprint density at radius 2 is 1.97 bits per heavy atom. The number of rotatable bonds is 4. The molecule has 148 valence electrons. The molecule has 0 bridgehead atoms. The molecule has 0 radical (unpaired) electrons. The molecule has 8 nitrogen and oxygen atoms in total. The maximum absolute atomic E-state index is 13.0. The highest BCUT2D eigenvalue weighted by molar-refractivity contribution is 6.05. The van der Waals surface area contributed by atoms with E-state index in [2.05, 4.69) is 15.5 Å². The second kappa shape index (κ2) is 8.19. The van der Waals surface area contributed by atoms with E-state index in [-0.39, 0.29) is 5.91 Å². The molecule has 3 aromatic rings. The first-order valence-corrected chi connectivity index (χ1v) is 8.94. The van der Waals surface area contributed by atoms with Crippen LogP contribution in [0.15, 0.2) is 59.4 Å². The van der Waals surface area contributed by atoms with Crippen molar-refractivity contribution < 1.29 is 23.2 Å². The number of aromatic nitrogens is 2. The highest BCUT2D eigenvalue weighted by Gasteiger charge is 2.28. The first-order chi connectivity index (χ1) is 14.1. The molecule has 1 aliphatic heterocycles. The Kier molecular flexibility index (Phi) is 5.30. The molecule has 0 spiro atoms. The van der Waals surface area contributed by atoms with E-state index in [1.807, 2.05) is 0 Å². The van der Waals surface area contributed by atoms with Crippen LogP contribution in [0.4, 0.5) is 10.1 Å². The summed E-state index contributed by atoms with van der Waals surface area (Å²) in [6, 6.07) is 11.9. The Morgan fingerprint density at radius 1 is 1.14 bits per heavy atom. The van der Waals surface area contributed by atoms with Gasteiger partial charge in [-0.2, -0.15) is 4.98 Å². The van der Waals surface area contributed by atoms with Crippen LogP contribution in [0.1, 0.15) is 32.6 Å². The summed E-state index contributed by atoms with van der Waals surface area (Å²) in [6.45, 7) is 1.08. The van der Waals surface area contributed by atoms with Crippen molar-refractivity contribution in [2.24, 2.45) is 0 Å². The monoisotopic (exact) mass is 396 g/mol. The molecule has 2 aromatic carbocycles. The second-order valence-electron chi connectivity index (χ2n) is 6.44. The maximum Gasteiger partial charge on any atom is 0.255 e. The molecule has 2 heterocycles. The zero-order valence-electron chi connectivity index (χ0n) is 15.2. The largest absolute Gasteiger partial charge is 0.366 e. The molecule has 0 saturated carbocycles. The molecule has 0 aliphatic carbocycles. The summed E-state index contributed by atoms with van der Waals surface area (Å²) in [5, 5.41) is 6.49. The SMILES string of the molecule is O=C(Nc1cccc(C(=O)N2CCOC(c3ncon3)C2)c1)c1ccc(F)cc1. The maximum atomic E-state index is 13.0. The molecule has 4 rings (SSSR count). The first-order valence-electron chi connectivity index (χ1n) is 8.94. The van der Waals surface area contributed by atoms with Gasteiger partial charge >= 0.3 is 0 Å². The molecule has 1 N–H and O–H groups in total. The number of benzene rings is 2. The zero-order chi connectivity index (χ0) is 20.2. The van der Waals surface area contributed by atoms with Gasteiger partial charge in [0.25, 0.3) is 11.8 Å². The molecule has 1 saturated heterocycles. The number of carbonyl (C=O) groups excluding carboxylic acids is 2. The lowest BCUT2D eigenvalue weighted by atomic mass is 10.1. The van der Waals surface area contributed by atoms with Gasteiger partial charge in [-0.1, -0.05) is 11.2 Å². The summed E-state index contributed by atoms with van der Waals surface area (Å²) in [4.78, 5) is 30.8. The van der Waals surface area contributed by atoms with Gasteiger partial charge in [-0.25, -0.2) is 4.39 Å². The number of amides is 2. The van der Waals surface area contributed by atoms with Gasteiger partial charge in [0.2, 0.25) is 12.2 Å². The number of ether oxygens (including phenoxy) is 1. The van der Waals surface area contributed by atoms with E-state index < -0.39 is 17.8 Å². The number of nitrogens with one attached hydrogen (secondary N) is 1. The van der Waals surface area contributed by atoms with Crippen LogP contribution in [0.2, 0.25) is 0 Å². The summed E-state index contributed by atoms with van der Waals surface area (Å²) in [5.74, 6) is -0.612. The predicted octanol–water partition coefficient (Wildman–Crippen LogP) is 2.67. The van der Waals surface area contributed by atoms with E-state index in [4.69, 9.17) is 9.26 Å². The lowest BCUT2D eigenvalue weighted by Crippen LogP contribution is -2.42. The molecular weight excluding hydrogens is 379 g/mol. The number of anilines is 1. The second-order valence-corrected chi connectivity index (χ2v) is 6.44. The number of halogens is 1. The van der Waals surface area contributed by atoms with Gasteiger partial charge < -0.3 is 19.5 Å². The van der Waals surface area contributed by atoms with Gasteiger partial charge in [-0.15, -0.1) is 0 Å². The fourth-order valence-electron chi connectivity index (χ4n) is 3.03. The summed E-state index contributed by atoms with van der Waals surface area (Å²) in [5.41, 5.74) is 1.21. The predicted molar refractivity (Wildman–Crippen MR) is 99.7 cm³/mol. The summed E-state index contributed by atoms with van der Waals surface area (Å²) < 4.78 is 23.4. The smallest absolute Gasteiger partial charge is 0.255 e. The summed E-state index contributed by atoms with van der Waals surface area (Å²) in [7, 11) is 0. The van der Waals surface area contributed by atoms with E-state index >= 15 is 0 Å². The van der Waals surface area contributed by atoms with Crippen LogP contribution in [-0.4, -0.2) is 46.6 Å². The van der Waals surface area contributed by atoms with E-state index in [0.717, 1.165) is 0 Å². The Labute approximate surface area is 165 Å². The zero-order valence-corrected chi connectivity index (χ0v) is 15.2. The van der Waals surface area contributed by atoms with Crippen molar-refractivity contribution in [3.8, 4) is 0 Å². The normalized spacial score (nSPS) is 16.4. The lowest BCUT2D eigenvalue weighted by molar-refractivity contribution is -0.0276. The molecular formula is C20H17FN4O4. The van der Waals surface area contributed by atoms with Gasteiger partial charge in [0, 0.05) is 23.4 Å². The van der Waals surface area contributed by atoms with Crippen molar-refractivity contribution in [1.29, 1.82) is 0 Å². The third-order valence-corrected chi connectivity index (χ3v) is 4.49. The van der Waals surface area contributed by atoms with Crippen LogP contribution in [0, 0.1) is 5.82 Å². The Morgan fingerprint density at radius 3 is 2.72 bits per heavy atom. The highest BCUT2D eigenvalue weighted by atomic mass is 19.1. The van der Waals surface area contributed by atoms with Gasteiger partial charge in [0.15, 0.2) is 0 Å². The first kappa shape index (κ1) is 18.8. The summed E-state index contributed by atoms with van der Waals surface area (Å²) >= 11 is 0.